The molecule has 4 N–H and O–H groups in total. The molecular formula is C21H26N4O6P2. The van der Waals surface area contributed by atoms with E-state index in [1.165, 1.54) is 25.1 Å². The monoisotopic (exact) mass is 492 g/mol. The molecule has 33 heavy (non-hydrogen) atoms. The van der Waals surface area contributed by atoms with Crippen molar-refractivity contribution in [3.05, 3.63) is 34.9 Å². The van der Waals surface area contributed by atoms with Crippen molar-refractivity contribution in [3.63, 3.8) is 0 Å². The van der Waals surface area contributed by atoms with E-state index in [0.29, 0.717) is 5.56 Å². The third-order valence-corrected chi connectivity index (χ3v) is 9.61. The van der Waals surface area contributed by atoms with Crippen molar-refractivity contribution in [1.82, 2.24) is 0 Å². The molecule has 0 spiro atoms. The van der Waals surface area contributed by atoms with Gasteiger partial charge in [0.2, 0.25) is 0 Å². The molecule has 0 aromatic heterocycles. The number of aryl methyl sites for hydroxylation is 1. The normalized spacial score (nSPS) is 12.3. The van der Waals surface area contributed by atoms with Gasteiger partial charge in [0, 0.05) is 25.7 Å². The summed E-state index contributed by atoms with van der Waals surface area (Å²) >= 11 is 0. The molecule has 0 aliphatic carbocycles. The number of rotatable bonds is 12. The smallest absolute Gasteiger partial charge is 0.324 e. The van der Waals surface area contributed by atoms with Crippen LogP contribution in [0.25, 0.3) is 0 Å². The Balaban J connectivity index is 3.84. The van der Waals surface area contributed by atoms with Gasteiger partial charge >= 0.3 is 15.2 Å². The first kappa shape index (κ1) is 28.5. The minimum atomic E-state index is -4.88. The van der Waals surface area contributed by atoms with E-state index in [-0.39, 0.29) is 62.5 Å². The van der Waals surface area contributed by atoms with Crippen LogP contribution in [0, 0.1) is 52.2 Å². The zero-order valence-electron chi connectivity index (χ0n) is 18.2. The molecule has 1 rings (SSSR count). The zero-order valence-corrected chi connectivity index (χ0v) is 20.0. The highest BCUT2D eigenvalue weighted by Gasteiger charge is 2.50. The summed E-state index contributed by atoms with van der Waals surface area (Å²) in [7, 11) is -9.75. The summed E-state index contributed by atoms with van der Waals surface area (Å²) in [6, 6.07) is 11.6. The third kappa shape index (κ3) is 6.09. The Morgan fingerprint density at radius 3 is 1.39 bits per heavy atom. The maximum Gasteiger partial charge on any atom is 0.336 e. The summed E-state index contributed by atoms with van der Waals surface area (Å²) in [5.74, 6) is 0. The lowest BCUT2D eigenvalue weighted by Crippen LogP contribution is -2.29. The van der Waals surface area contributed by atoms with Gasteiger partial charge in [-0.05, 0) is 49.3 Å². The van der Waals surface area contributed by atoms with Gasteiger partial charge in [-0.25, -0.2) is 0 Å². The van der Waals surface area contributed by atoms with Crippen LogP contribution in [0.2, 0.25) is 0 Å². The number of nitrogens with zero attached hydrogens (tertiary/aromatic N) is 4. The van der Waals surface area contributed by atoms with Crippen LogP contribution in [0.5, 0.6) is 0 Å². The number of nitriles is 4. The molecular weight excluding hydrogens is 466 g/mol. The van der Waals surface area contributed by atoms with Crippen LogP contribution in [-0.4, -0.2) is 19.6 Å². The molecule has 0 radical (unpaired) electrons. The summed E-state index contributed by atoms with van der Waals surface area (Å²) in [4.78, 5) is 40.9. The van der Waals surface area contributed by atoms with E-state index in [2.05, 4.69) is 0 Å². The van der Waals surface area contributed by atoms with Crippen LogP contribution in [0.1, 0.15) is 68.1 Å². The second-order valence-corrected chi connectivity index (χ2v) is 11.7. The largest absolute Gasteiger partial charge is 0.336 e. The van der Waals surface area contributed by atoms with Gasteiger partial charge in [0.15, 0.2) is 0 Å². The van der Waals surface area contributed by atoms with Gasteiger partial charge in [-0.15, -0.1) is 0 Å². The maximum absolute atomic E-state index is 12.6. The van der Waals surface area contributed by atoms with Crippen molar-refractivity contribution in [2.45, 2.75) is 68.6 Å². The molecule has 0 aliphatic heterocycles. The lowest BCUT2D eigenvalue weighted by molar-refractivity contribution is 0.305. The fraction of sp³-hybridized carbons (Fsp3) is 0.524. The summed E-state index contributed by atoms with van der Waals surface area (Å²) in [5, 5.41) is 32.5. The molecule has 12 heteroatoms. The molecule has 0 bridgehead atoms. The molecule has 1 aromatic rings. The zero-order chi connectivity index (χ0) is 25.3. The SMILES string of the molecule is Cc1cc(C(CCC#N)(CCC#N)P(=O)(O)O)ccc1C(CCC#N)(CCC#N)P(=O)(O)O. The summed E-state index contributed by atoms with van der Waals surface area (Å²) in [5.41, 5.74) is 0.659. The van der Waals surface area contributed by atoms with E-state index in [1.54, 1.807) is 0 Å². The van der Waals surface area contributed by atoms with Crippen LogP contribution in [-0.2, 0) is 19.4 Å². The molecule has 176 valence electrons. The molecule has 0 heterocycles. The fourth-order valence-electron chi connectivity index (χ4n) is 4.24. The van der Waals surface area contributed by atoms with E-state index in [0.717, 1.165) is 0 Å². The Kier molecular flexibility index (Phi) is 9.99. The van der Waals surface area contributed by atoms with Crippen LogP contribution >= 0.6 is 15.2 Å². The number of hydrogen-bond donors (Lipinski definition) is 4. The van der Waals surface area contributed by atoms with Gasteiger partial charge in [-0.2, -0.15) is 21.0 Å². The first-order valence-corrected chi connectivity index (χ1v) is 13.3. The van der Waals surface area contributed by atoms with Crippen molar-refractivity contribution < 1.29 is 28.7 Å². The Hall–Kier alpha value is -2.52. The molecule has 0 amide bonds. The predicted molar refractivity (Wildman–Crippen MR) is 118 cm³/mol. The minimum absolute atomic E-state index is 0.155. The van der Waals surface area contributed by atoms with Gasteiger partial charge in [-0.3, -0.25) is 9.13 Å². The second-order valence-electron chi connectivity index (χ2n) is 7.81. The van der Waals surface area contributed by atoms with E-state index in [1.807, 2.05) is 24.3 Å². The Morgan fingerprint density at radius 1 is 0.727 bits per heavy atom. The molecule has 0 atom stereocenters. The number of benzene rings is 1. The Morgan fingerprint density at radius 2 is 1.09 bits per heavy atom. The van der Waals surface area contributed by atoms with Crippen LogP contribution in [0.4, 0.5) is 0 Å². The first-order chi connectivity index (χ1) is 15.4. The molecule has 0 fully saturated rings. The molecule has 0 saturated carbocycles. The quantitative estimate of drug-likeness (QED) is 0.308. The van der Waals surface area contributed by atoms with Crippen LogP contribution in [0.15, 0.2) is 18.2 Å². The summed E-state index contributed by atoms with van der Waals surface area (Å²) < 4.78 is 25.2. The maximum atomic E-state index is 12.6. The van der Waals surface area contributed by atoms with E-state index >= 15 is 0 Å². The van der Waals surface area contributed by atoms with Crippen molar-refractivity contribution in [3.8, 4) is 24.3 Å². The van der Waals surface area contributed by atoms with Gasteiger partial charge in [0.05, 0.1) is 34.6 Å². The topological polar surface area (TPSA) is 210 Å². The first-order valence-electron chi connectivity index (χ1n) is 10.1. The van der Waals surface area contributed by atoms with Gasteiger partial charge in [0.1, 0.15) is 0 Å². The molecule has 0 aliphatic rings. The molecule has 10 nitrogen and oxygen atoms in total. The molecule has 0 saturated heterocycles. The predicted octanol–water partition coefficient (Wildman–Crippen LogP) is 3.96. The highest BCUT2D eigenvalue weighted by Crippen LogP contribution is 2.64. The van der Waals surface area contributed by atoms with Crippen LogP contribution < -0.4 is 0 Å². The molecule has 1 aromatic carbocycles. The van der Waals surface area contributed by atoms with Gasteiger partial charge in [-0.1, -0.05) is 18.2 Å². The minimum Gasteiger partial charge on any atom is -0.324 e. The average molecular weight is 492 g/mol. The average Bonchev–Trinajstić information content (AvgIpc) is 2.73. The summed E-state index contributed by atoms with van der Waals surface area (Å²) in [6.45, 7) is 1.53. The van der Waals surface area contributed by atoms with Gasteiger partial charge < -0.3 is 19.6 Å². The Bertz CT molecular complexity index is 1080. The highest BCUT2D eigenvalue weighted by atomic mass is 31.2. The fourth-order valence-corrected chi connectivity index (χ4v) is 6.89. The Labute approximate surface area is 193 Å². The van der Waals surface area contributed by atoms with E-state index in [4.69, 9.17) is 21.0 Å². The lowest BCUT2D eigenvalue weighted by atomic mass is 9.82. The molecule has 0 unspecified atom stereocenters. The van der Waals surface area contributed by atoms with E-state index in [9.17, 15) is 28.7 Å². The van der Waals surface area contributed by atoms with Gasteiger partial charge in [0.25, 0.3) is 0 Å². The standard InChI is InChI=1S/C21H26N4O6P2/c1-17-16-18(20(8-2-12-22,9-3-13-23)32(26,27)28)6-7-19(17)21(10-4-14-24,11-5-15-25)33(29,30)31/h6-7,16H,2-5,8-11H2,1H3,(H2,26,27,28)(H2,29,30,31). The van der Waals surface area contributed by atoms with E-state index < -0.39 is 25.5 Å². The van der Waals surface area contributed by atoms with Crippen molar-refractivity contribution in [2.24, 2.45) is 0 Å². The van der Waals surface area contributed by atoms with Crippen molar-refractivity contribution in [1.29, 1.82) is 21.0 Å². The highest BCUT2D eigenvalue weighted by molar-refractivity contribution is 7.53. The van der Waals surface area contributed by atoms with Crippen LogP contribution in [0.3, 0.4) is 0 Å². The summed E-state index contributed by atoms with van der Waals surface area (Å²) in [6.07, 6.45) is -1.52. The number of hydrogen-bond acceptors (Lipinski definition) is 6. The second kappa shape index (κ2) is 11.6. The van der Waals surface area contributed by atoms with Crippen molar-refractivity contribution >= 4 is 15.2 Å². The van der Waals surface area contributed by atoms with Crippen molar-refractivity contribution in [2.75, 3.05) is 0 Å². The third-order valence-electron chi connectivity index (χ3n) is 5.98. The lowest BCUT2D eigenvalue weighted by Gasteiger charge is -2.37.